The number of anilines is 2. The molecule has 0 spiro atoms. The molecule has 156 valence electrons. The number of fused-ring (bicyclic) bond motifs is 1. The molecule has 4 aromatic rings. The van der Waals surface area contributed by atoms with Gasteiger partial charge in [0.15, 0.2) is 4.34 Å². The number of thioether (sulfide) groups is 1. The van der Waals surface area contributed by atoms with Gasteiger partial charge in [0.2, 0.25) is 0 Å². The summed E-state index contributed by atoms with van der Waals surface area (Å²) < 4.78 is 2.23. The summed E-state index contributed by atoms with van der Waals surface area (Å²) in [5.74, 6) is 0.610. The van der Waals surface area contributed by atoms with Crippen LogP contribution in [0, 0.1) is 0 Å². The van der Waals surface area contributed by atoms with E-state index in [1.165, 1.54) is 4.70 Å². The van der Waals surface area contributed by atoms with Crippen molar-refractivity contribution in [3.05, 3.63) is 83.9 Å². The minimum Gasteiger partial charge on any atom is -0.341 e. The molecule has 4 rings (SSSR count). The quantitative estimate of drug-likeness (QED) is 0.336. The summed E-state index contributed by atoms with van der Waals surface area (Å²) in [4.78, 5) is 28.5. The number of hydrogen-bond acceptors (Lipinski definition) is 5. The lowest BCUT2D eigenvalue weighted by Crippen LogP contribution is -2.24. The van der Waals surface area contributed by atoms with Gasteiger partial charge in [-0.2, -0.15) is 0 Å². The van der Waals surface area contributed by atoms with Gasteiger partial charge in [-0.3, -0.25) is 4.79 Å². The maximum atomic E-state index is 12.5. The zero-order valence-electron chi connectivity index (χ0n) is 16.7. The molecule has 3 amide bonds. The number of rotatable bonds is 6. The van der Waals surface area contributed by atoms with Crippen LogP contribution in [0.4, 0.5) is 16.2 Å². The molecule has 1 heterocycles. The monoisotopic (exact) mass is 448 g/mol. The van der Waals surface area contributed by atoms with Crippen molar-refractivity contribution in [1.29, 1.82) is 0 Å². The molecule has 0 bridgehead atoms. The van der Waals surface area contributed by atoms with Crippen LogP contribution in [-0.2, 0) is 5.75 Å². The third-order valence-electron chi connectivity index (χ3n) is 4.48. The Kier molecular flexibility index (Phi) is 6.49. The van der Waals surface area contributed by atoms with Crippen molar-refractivity contribution in [2.45, 2.75) is 10.1 Å². The predicted octanol–water partition coefficient (Wildman–Crippen LogP) is 5.59. The van der Waals surface area contributed by atoms with E-state index in [0.717, 1.165) is 21.2 Å². The molecule has 0 fully saturated rings. The molecule has 0 aliphatic heterocycles. The predicted molar refractivity (Wildman–Crippen MR) is 128 cm³/mol. The van der Waals surface area contributed by atoms with Crippen LogP contribution in [0.2, 0.25) is 0 Å². The highest BCUT2D eigenvalue weighted by Crippen LogP contribution is 2.31. The Labute approximate surface area is 188 Å². The van der Waals surface area contributed by atoms with Gasteiger partial charge in [0.05, 0.1) is 10.2 Å². The molecule has 0 radical (unpaired) electrons. The van der Waals surface area contributed by atoms with Crippen molar-refractivity contribution >= 4 is 56.6 Å². The molecule has 8 heteroatoms. The number of nitrogens with zero attached hydrogens (tertiary/aromatic N) is 1. The minimum atomic E-state index is -0.293. The van der Waals surface area contributed by atoms with Gasteiger partial charge in [-0.25, -0.2) is 9.78 Å². The Morgan fingerprint density at radius 3 is 2.26 bits per heavy atom. The van der Waals surface area contributed by atoms with Gasteiger partial charge in [0.1, 0.15) is 0 Å². The van der Waals surface area contributed by atoms with E-state index in [1.807, 2.05) is 42.5 Å². The Hall–Kier alpha value is -3.36. The van der Waals surface area contributed by atoms with Gasteiger partial charge < -0.3 is 16.0 Å². The minimum absolute atomic E-state index is 0.183. The molecule has 6 nitrogen and oxygen atoms in total. The highest BCUT2D eigenvalue weighted by molar-refractivity contribution is 8.00. The van der Waals surface area contributed by atoms with Crippen molar-refractivity contribution in [2.75, 3.05) is 17.7 Å². The van der Waals surface area contributed by atoms with Crippen molar-refractivity contribution in [1.82, 2.24) is 10.3 Å². The van der Waals surface area contributed by atoms with Gasteiger partial charge >= 0.3 is 6.03 Å². The summed E-state index contributed by atoms with van der Waals surface area (Å²) in [6.07, 6.45) is 0. The molecule has 3 N–H and O–H groups in total. The molecule has 0 aliphatic carbocycles. The first-order chi connectivity index (χ1) is 15.1. The van der Waals surface area contributed by atoms with E-state index < -0.39 is 0 Å². The second kappa shape index (κ2) is 9.63. The summed E-state index contributed by atoms with van der Waals surface area (Å²) in [5, 5.41) is 8.02. The van der Waals surface area contributed by atoms with Crippen LogP contribution in [0.15, 0.2) is 77.1 Å². The number of aromatic nitrogens is 1. The Bertz CT molecular complexity index is 1170. The van der Waals surface area contributed by atoms with E-state index in [-0.39, 0.29) is 11.9 Å². The summed E-state index contributed by atoms with van der Waals surface area (Å²) in [7, 11) is 1.55. The van der Waals surface area contributed by atoms with Crippen LogP contribution in [0.1, 0.15) is 15.9 Å². The van der Waals surface area contributed by atoms with Crippen LogP contribution in [-0.4, -0.2) is 24.0 Å². The third-order valence-corrected chi connectivity index (χ3v) is 6.73. The molecule has 0 unspecified atom stereocenters. The molecule has 0 atom stereocenters. The fourth-order valence-corrected chi connectivity index (χ4v) is 4.87. The molecule has 0 aliphatic rings. The van der Waals surface area contributed by atoms with E-state index in [9.17, 15) is 9.59 Å². The van der Waals surface area contributed by atoms with Crippen molar-refractivity contribution in [2.24, 2.45) is 0 Å². The first-order valence-corrected chi connectivity index (χ1v) is 11.4. The molecule has 0 saturated carbocycles. The van der Waals surface area contributed by atoms with E-state index in [4.69, 9.17) is 0 Å². The largest absolute Gasteiger partial charge is 0.341 e. The van der Waals surface area contributed by atoms with Crippen molar-refractivity contribution < 1.29 is 9.59 Å². The smallest absolute Gasteiger partial charge is 0.318 e. The molecular weight excluding hydrogens is 428 g/mol. The standard InChI is InChI=1S/C23H20N4O2S2/c1-24-22(29)26-18-12-10-17(11-13-18)25-21(28)16-8-6-15(7-9-16)14-30-23-27-19-4-2-3-5-20(19)31-23/h2-13H,14H2,1H3,(H,25,28)(H2,24,26,29). The highest BCUT2D eigenvalue weighted by Gasteiger charge is 2.08. The SMILES string of the molecule is CNC(=O)Nc1ccc(NC(=O)c2ccc(CSc3nc4ccccc4s3)cc2)cc1. The average Bonchev–Trinajstić information content (AvgIpc) is 3.22. The summed E-state index contributed by atoms with van der Waals surface area (Å²) >= 11 is 3.39. The second-order valence-corrected chi connectivity index (χ2v) is 8.92. The maximum Gasteiger partial charge on any atom is 0.318 e. The number of nitrogens with one attached hydrogen (secondary N) is 3. The number of carbonyl (C=O) groups is 2. The maximum absolute atomic E-state index is 12.5. The molecule has 1 aromatic heterocycles. The van der Waals surface area contributed by atoms with Crippen LogP contribution >= 0.6 is 23.1 Å². The number of hydrogen-bond donors (Lipinski definition) is 3. The summed E-state index contributed by atoms with van der Waals surface area (Å²) in [5.41, 5.74) is 4.04. The highest BCUT2D eigenvalue weighted by atomic mass is 32.2. The van der Waals surface area contributed by atoms with Crippen molar-refractivity contribution in [3.8, 4) is 0 Å². The van der Waals surface area contributed by atoms with Gasteiger partial charge in [-0.1, -0.05) is 36.0 Å². The summed E-state index contributed by atoms with van der Waals surface area (Å²) in [6, 6.07) is 22.3. The Morgan fingerprint density at radius 2 is 1.58 bits per heavy atom. The molecule has 3 aromatic carbocycles. The number of thiazole rings is 1. The van der Waals surface area contributed by atoms with Crippen LogP contribution < -0.4 is 16.0 Å². The lowest BCUT2D eigenvalue weighted by atomic mass is 10.1. The van der Waals surface area contributed by atoms with E-state index >= 15 is 0 Å². The third kappa shape index (κ3) is 5.42. The first-order valence-electron chi connectivity index (χ1n) is 9.58. The normalized spacial score (nSPS) is 10.6. The number of amides is 3. The van der Waals surface area contributed by atoms with Gasteiger partial charge in [-0.15, -0.1) is 11.3 Å². The van der Waals surface area contributed by atoms with Crippen LogP contribution in [0.25, 0.3) is 10.2 Å². The fourth-order valence-electron chi connectivity index (χ4n) is 2.84. The Balaban J connectivity index is 1.32. The zero-order chi connectivity index (χ0) is 21.6. The van der Waals surface area contributed by atoms with Gasteiger partial charge in [0, 0.05) is 29.7 Å². The second-order valence-electron chi connectivity index (χ2n) is 6.67. The molecular formula is C23H20N4O2S2. The zero-order valence-corrected chi connectivity index (χ0v) is 18.3. The Morgan fingerprint density at radius 1 is 0.903 bits per heavy atom. The van der Waals surface area contributed by atoms with Gasteiger partial charge in [-0.05, 0) is 54.1 Å². The average molecular weight is 449 g/mol. The van der Waals surface area contributed by atoms with Crippen molar-refractivity contribution in [3.63, 3.8) is 0 Å². The first kappa shape index (κ1) is 20.9. The lowest BCUT2D eigenvalue weighted by Gasteiger charge is -2.08. The van der Waals surface area contributed by atoms with Gasteiger partial charge in [0.25, 0.3) is 5.91 Å². The molecule has 0 saturated heterocycles. The fraction of sp³-hybridized carbons (Fsp3) is 0.0870. The number of urea groups is 1. The van der Waals surface area contributed by atoms with Crippen LogP contribution in [0.5, 0.6) is 0 Å². The molecule has 31 heavy (non-hydrogen) atoms. The number of para-hydroxylation sites is 1. The summed E-state index contributed by atoms with van der Waals surface area (Å²) in [6.45, 7) is 0. The van der Waals surface area contributed by atoms with E-state index in [2.05, 4.69) is 27.0 Å². The van der Waals surface area contributed by atoms with E-state index in [1.54, 1.807) is 54.4 Å². The lowest BCUT2D eigenvalue weighted by molar-refractivity contribution is 0.102. The van der Waals surface area contributed by atoms with Crippen LogP contribution in [0.3, 0.4) is 0 Å². The van der Waals surface area contributed by atoms with E-state index in [0.29, 0.717) is 16.9 Å². The number of carbonyl (C=O) groups excluding carboxylic acids is 2. The topological polar surface area (TPSA) is 83.1 Å². The number of benzene rings is 3.